The molecule has 1 N–H and O–H groups in total. The standard InChI is InChI=1S/C15H14FNO5/c1-3-21-15(20)9-5-17-7(2)6-22-14-11(17)8(12(9)18)4-10(16)13(14)19/h4-5,7,19H,3,6H2,1-2H3/t7-/m0/s1. The number of phenols is 1. The summed E-state index contributed by atoms with van der Waals surface area (Å²) in [5, 5.41) is 9.76. The van der Waals surface area contributed by atoms with E-state index < -0.39 is 23.0 Å². The molecule has 0 aliphatic carbocycles. The van der Waals surface area contributed by atoms with Crippen LogP contribution in [0.25, 0.3) is 10.9 Å². The molecule has 0 radical (unpaired) electrons. The highest BCUT2D eigenvalue weighted by molar-refractivity contribution is 5.96. The highest BCUT2D eigenvalue weighted by Gasteiger charge is 2.28. The SMILES string of the molecule is CCOC(=O)c1cn2c3c(c(O)c(F)cc3c1=O)OC[C@@H]2C. The summed E-state index contributed by atoms with van der Waals surface area (Å²) in [4.78, 5) is 24.4. The molecular weight excluding hydrogens is 293 g/mol. The summed E-state index contributed by atoms with van der Waals surface area (Å²) in [6.07, 6.45) is 1.37. The van der Waals surface area contributed by atoms with Crippen LogP contribution in [0.3, 0.4) is 0 Å². The number of rotatable bonds is 2. The maximum Gasteiger partial charge on any atom is 0.343 e. The lowest BCUT2D eigenvalue weighted by Gasteiger charge is -2.27. The minimum Gasteiger partial charge on any atom is -0.502 e. The van der Waals surface area contributed by atoms with E-state index in [1.165, 1.54) is 6.20 Å². The van der Waals surface area contributed by atoms with E-state index in [9.17, 15) is 19.1 Å². The van der Waals surface area contributed by atoms with Gasteiger partial charge in [-0.05, 0) is 19.9 Å². The summed E-state index contributed by atoms with van der Waals surface area (Å²) in [5.74, 6) is -2.45. The van der Waals surface area contributed by atoms with E-state index in [4.69, 9.17) is 9.47 Å². The Labute approximate surface area is 124 Å². The predicted octanol–water partition coefficient (Wildman–Crippen LogP) is 1.98. The molecule has 2 aromatic rings. The average molecular weight is 307 g/mol. The largest absolute Gasteiger partial charge is 0.502 e. The van der Waals surface area contributed by atoms with Gasteiger partial charge in [0.15, 0.2) is 17.3 Å². The lowest BCUT2D eigenvalue weighted by molar-refractivity contribution is 0.0523. The highest BCUT2D eigenvalue weighted by Crippen LogP contribution is 2.40. The number of aromatic nitrogens is 1. The Hall–Kier alpha value is -2.57. The highest BCUT2D eigenvalue weighted by atomic mass is 19.1. The van der Waals surface area contributed by atoms with E-state index in [2.05, 4.69) is 0 Å². The van der Waals surface area contributed by atoms with Crippen LogP contribution in [-0.4, -0.2) is 28.9 Å². The van der Waals surface area contributed by atoms with Gasteiger partial charge >= 0.3 is 5.97 Å². The van der Waals surface area contributed by atoms with Gasteiger partial charge in [0.05, 0.1) is 23.6 Å². The van der Waals surface area contributed by atoms with Crippen LogP contribution in [0.1, 0.15) is 30.2 Å². The van der Waals surface area contributed by atoms with Gasteiger partial charge in [-0.2, -0.15) is 0 Å². The fraction of sp³-hybridized carbons (Fsp3) is 0.333. The number of esters is 1. The Kier molecular flexibility index (Phi) is 3.27. The first-order chi connectivity index (χ1) is 10.5. The molecular formula is C15H14FNO5. The zero-order valence-corrected chi connectivity index (χ0v) is 12.1. The molecule has 22 heavy (non-hydrogen) atoms. The first kappa shape index (κ1) is 14.4. The predicted molar refractivity (Wildman–Crippen MR) is 76.0 cm³/mol. The number of nitrogens with zero attached hydrogens (tertiary/aromatic N) is 1. The monoisotopic (exact) mass is 307 g/mol. The quantitative estimate of drug-likeness (QED) is 0.858. The Balaban J connectivity index is 2.42. The molecule has 3 rings (SSSR count). The number of hydrogen-bond acceptors (Lipinski definition) is 5. The lowest BCUT2D eigenvalue weighted by Crippen LogP contribution is -2.27. The molecule has 1 aliphatic rings. The van der Waals surface area contributed by atoms with Gasteiger partial charge in [0.25, 0.3) is 0 Å². The number of hydrogen-bond donors (Lipinski definition) is 1. The second kappa shape index (κ2) is 5.01. The number of carbonyl (C=O) groups excluding carboxylic acids is 1. The number of carbonyl (C=O) groups is 1. The summed E-state index contributed by atoms with van der Waals surface area (Å²) in [6.45, 7) is 3.77. The minimum absolute atomic E-state index is 0.0256. The first-order valence-corrected chi connectivity index (χ1v) is 6.86. The Morgan fingerprint density at radius 2 is 2.32 bits per heavy atom. The van der Waals surface area contributed by atoms with E-state index in [0.717, 1.165) is 6.07 Å². The van der Waals surface area contributed by atoms with Gasteiger partial charge in [0.2, 0.25) is 5.43 Å². The van der Waals surface area contributed by atoms with E-state index in [1.54, 1.807) is 11.5 Å². The summed E-state index contributed by atoms with van der Waals surface area (Å²) < 4.78 is 25.7. The van der Waals surface area contributed by atoms with Crippen molar-refractivity contribution in [3.8, 4) is 11.5 Å². The van der Waals surface area contributed by atoms with Crippen molar-refractivity contribution in [1.82, 2.24) is 4.57 Å². The van der Waals surface area contributed by atoms with Crippen LogP contribution in [0.15, 0.2) is 17.1 Å². The van der Waals surface area contributed by atoms with Crippen molar-refractivity contribution in [2.24, 2.45) is 0 Å². The first-order valence-electron chi connectivity index (χ1n) is 6.86. The van der Waals surface area contributed by atoms with Gasteiger partial charge in [-0.25, -0.2) is 9.18 Å². The van der Waals surface area contributed by atoms with Crippen molar-refractivity contribution in [2.75, 3.05) is 13.2 Å². The maximum absolute atomic E-state index is 13.8. The molecule has 6 nitrogen and oxygen atoms in total. The molecule has 1 aromatic carbocycles. The van der Waals surface area contributed by atoms with Crippen LogP contribution in [0, 0.1) is 5.82 Å². The van der Waals surface area contributed by atoms with Crippen LogP contribution < -0.4 is 10.2 Å². The number of halogens is 1. The van der Waals surface area contributed by atoms with E-state index in [1.807, 2.05) is 6.92 Å². The van der Waals surface area contributed by atoms with Crippen LogP contribution in [0.5, 0.6) is 11.5 Å². The number of aromatic hydroxyl groups is 1. The van der Waals surface area contributed by atoms with Gasteiger partial charge in [0, 0.05) is 6.20 Å². The van der Waals surface area contributed by atoms with Crippen LogP contribution in [-0.2, 0) is 4.74 Å². The smallest absolute Gasteiger partial charge is 0.343 e. The van der Waals surface area contributed by atoms with Gasteiger partial charge in [-0.1, -0.05) is 0 Å². The van der Waals surface area contributed by atoms with Crippen molar-refractivity contribution >= 4 is 16.9 Å². The normalized spacial score (nSPS) is 16.4. The Bertz CT molecular complexity index is 842. The van der Waals surface area contributed by atoms with Crippen molar-refractivity contribution in [2.45, 2.75) is 19.9 Å². The summed E-state index contributed by atoms with van der Waals surface area (Å²) >= 11 is 0. The molecule has 0 saturated heterocycles. The van der Waals surface area contributed by atoms with E-state index >= 15 is 0 Å². The van der Waals surface area contributed by atoms with Gasteiger partial charge in [-0.15, -0.1) is 0 Å². The maximum atomic E-state index is 13.8. The molecule has 1 aliphatic heterocycles. The molecule has 1 aromatic heterocycles. The minimum atomic E-state index is -0.971. The van der Waals surface area contributed by atoms with Crippen LogP contribution >= 0.6 is 0 Å². The Morgan fingerprint density at radius 1 is 1.59 bits per heavy atom. The van der Waals surface area contributed by atoms with Gasteiger partial charge in [0.1, 0.15) is 12.2 Å². The van der Waals surface area contributed by atoms with Crippen molar-refractivity contribution in [3.05, 3.63) is 33.9 Å². The fourth-order valence-electron chi connectivity index (χ4n) is 2.57. The van der Waals surface area contributed by atoms with E-state index in [-0.39, 0.29) is 41.5 Å². The second-order valence-electron chi connectivity index (χ2n) is 5.09. The van der Waals surface area contributed by atoms with Crippen LogP contribution in [0.4, 0.5) is 4.39 Å². The molecule has 0 spiro atoms. The average Bonchev–Trinajstić information content (AvgIpc) is 2.48. The lowest BCUT2D eigenvalue weighted by atomic mass is 10.1. The molecule has 1 atom stereocenters. The molecule has 0 amide bonds. The zero-order chi connectivity index (χ0) is 16.0. The van der Waals surface area contributed by atoms with Crippen molar-refractivity contribution < 1.29 is 23.8 Å². The topological polar surface area (TPSA) is 77.8 Å². The van der Waals surface area contributed by atoms with E-state index in [0.29, 0.717) is 0 Å². The van der Waals surface area contributed by atoms with Crippen LogP contribution in [0.2, 0.25) is 0 Å². The van der Waals surface area contributed by atoms with Gasteiger partial charge in [-0.3, -0.25) is 4.79 Å². The molecule has 7 heteroatoms. The summed E-state index contributed by atoms with van der Waals surface area (Å²) in [5.41, 5.74) is -0.544. The number of ether oxygens (including phenoxy) is 2. The molecule has 0 saturated carbocycles. The fourth-order valence-corrected chi connectivity index (χ4v) is 2.57. The zero-order valence-electron chi connectivity index (χ0n) is 12.1. The number of benzene rings is 1. The molecule has 2 heterocycles. The number of pyridine rings is 1. The molecule has 116 valence electrons. The molecule has 0 fully saturated rings. The molecule has 0 bridgehead atoms. The molecule has 0 unspecified atom stereocenters. The third-order valence-electron chi connectivity index (χ3n) is 3.64. The Morgan fingerprint density at radius 3 is 3.00 bits per heavy atom. The summed E-state index contributed by atoms with van der Waals surface area (Å²) in [6, 6.07) is 0.727. The third-order valence-corrected chi connectivity index (χ3v) is 3.64. The van der Waals surface area contributed by atoms with Gasteiger partial charge < -0.3 is 19.1 Å². The van der Waals surface area contributed by atoms with Crippen molar-refractivity contribution in [3.63, 3.8) is 0 Å². The third kappa shape index (κ3) is 1.93. The number of phenolic OH excluding ortho intramolecular Hbond substituents is 1. The van der Waals surface area contributed by atoms with Crippen molar-refractivity contribution in [1.29, 1.82) is 0 Å². The summed E-state index contributed by atoms with van der Waals surface area (Å²) in [7, 11) is 0. The second-order valence-corrected chi connectivity index (χ2v) is 5.09.